The number of esters is 1. The smallest absolute Gasteiger partial charge is 0.305 e. The summed E-state index contributed by atoms with van der Waals surface area (Å²) in [5, 5.41) is 0. The second-order valence-electron chi connectivity index (χ2n) is 4.71. The molecule has 3 nitrogen and oxygen atoms in total. The predicted molar refractivity (Wildman–Crippen MR) is 60.7 cm³/mol. The van der Waals surface area contributed by atoms with Gasteiger partial charge in [0.2, 0.25) is 0 Å². The molecule has 1 aliphatic heterocycles. The van der Waals surface area contributed by atoms with Gasteiger partial charge < -0.3 is 9.64 Å². The van der Waals surface area contributed by atoms with E-state index >= 15 is 0 Å². The third-order valence-electron chi connectivity index (χ3n) is 3.30. The van der Waals surface area contributed by atoms with E-state index in [4.69, 9.17) is 0 Å². The van der Waals surface area contributed by atoms with Crippen molar-refractivity contribution < 1.29 is 9.53 Å². The Kier molecular flexibility index (Phi) is 5.09. The third kappa shape index (κ3) is 4.20. The van der Waals surface area contributed by atoms with Crippen molar-refractivity contribution in [3.8, 4) is 0 Å². The standard InChI is InChI=1S/C12H23NO2/c1-10-6-7-11(2)13(9-10)8-4-5-12(14)15-3/h10-11H,4-9H2,1-3H3. The summed E-state index contributed by atoms with van der Waals surface area (Å²) in [6.45, 7) is 6.80. The van der Waals surface area contributed by atoms with E-state index in [1.54, 1.807) is 0 Å². The molecule has 1 saturated heterocycles. The quantitative estimate of drug-likeness (QED) is 0.669. The summed E-state index contributed by atoms with van der Waals surface area (Å²) in [7, 11) is 1.45. The highest BCUT2D eigenvalue weighted by molar-refractivity contribution is 5.69. The van der Waals surface area contributed by atoms with Crippen molar-refractivity contribution in [1.82, 2.24) is 4.90 Å². The van der Waals surface area contributed by atoms with E-state index in [1.807, 2.05) is 0 Å². The summed E-state index contributed by atoms with van der Waals surface area (Å²) >= 11 is 0. The van der Waals surface area contributed by atoms with Gasteiger partial charge in [0.05, 0.1) is 7.11 Å². The maximum absolute atomic E-state index is 11.0. The fraction of sp³-hybridized carbons (Fsp3) is 0.917. The zero-order valence-corrected chi connectivity index (χ0v) is 10.2. The number of ether oxygens (including phenoxy) is 1. The molecule has 3 heteroatoms. The lowest BCUT2D eigenvalue weighted by Gasteiger charge is -2.36. The lowest BCUT2D eigenvalue weighted by atomic mass is 9.95. The molecule has 0 N–H and O–H groups in total. The van der Waals surface area contributed by atoms with E-state index in [0.29, 0.717) is 12.5 Å². The first kappa shape index (κ1) is 12.5. The number of carbonyl (C=O) groups is 1. The molecule has 15 heavy (non-hydrogen) atoms. The van der Waals surface area contributed by atoms with E-state index in [0.717, 1.165) is 18.9 Å². The molecule has 0 bridgehead atoms. The Balaban J connectivity index is 2.21. The molecule has 0 aliphatic carbocycles. The molecule has 0 spiro atoms. The van der Waals surface area contributed by atoms with Crippen LogP contribution in [0.4, 0.5) is 0 Å². The SMILES string of the molecule is COC(=O)CCCN1CC(C)CCC1C. The highest BCUT2D eigenvalue weighted by Gasteiger charge is 2.22. The van der Waals surface area contributed by atoms with Crippen molar-refractivity contribution in [2.24, 2.45) is 5.92 Å². The van der Waals surface area contributed by atoms with E-state index < -0.39 is 0 Å². The van der Waals surface area contributed by atoms with Gasteiger partial charge in [-0.1, -0.05) is 6.92 Å². The largest absolute Gasteiger partial charge is 0.469 e. The van der Waals surface area contributed by atoms with Crippen LogP contribution < -0.4 is 0 Å². The van der Waals surface area contributed by atoms with Crippen LogP contribution in [0.1, 0.15) is 39.5 Å². The van der Waals surface area contributed by atoms with E-state index in [2.05, 4.69) is 23.5 Å². The molecule has 0 aromatic heterocycles. The highest BCUT2D eigenvalue weighted by Crippen LogP contribution is 2.21. The molecule has 0 amide bonds. The maximum Gasteiger partial charge on any atom is 0.305 e. The van der Waals surface area contributed by atoms with Gasteiger partial charge in [-0.15, -0.1) is 0 Å². The van der Waals surface area contributed by atoms with Crippen LogP contribution in [0.3, 0.4) is 0 Å². The number of rotatable bonds is 4. The molecule has 88 valence electrons. The van der Waals surface area contributed by atoms with Crippen LogP contribution in [0.2, 0.25) is 0 Å². The number of methoxy groups -OCH3 is 1. The molecule has 0 saturated carbocycles. The van der Waals surface area contributed by atoms with Gasteiger partial charge in [0.1, 0.15) is 0 Å². The normalized spacial score (nSPS) is 27.7. The van der Waals surface area contributed by atoms with Crippen molar-refractivity contribution in [1.29, 1.82) is 0 Å². The first-order chi connectivity index (χ1) is 7.13. The van der Waals surface area contributed by atoms with E-state index in [9.17, 15) is 4.79 Å². The van der Waals surface area contributed by atoms with Gasteiger partial charge in [-0.2, -0.15) is 0 Å². The van der Waals surface area contributed by atoms with Gasteiger partial charge in [-0.25, -0.2) is 0 Å². The molecular weight excluding hydrogens is 190 g/mol. The Morgan fingerprint density at radius 2 is 2.13 bits per heavy atom. The van der Waals surface area contributed by atoms with Gasteiger partial charge >= 0.3 is 5.97 Å². The number of nitrogens with zero attached hydrogens (tertiary/aromatic N) is 1. The monoisotopic (exact) mass is 213 g/mol. The molecule has 2 atom stereocenters. The van der Waals surface area contributed by atoms with Crippen LogP contribution in [0, 0.1) is 5.92 Å². The van der Waals surface area contributed by atoms with Gasteiger partial charge in [0, 0.05) is 19.0 Å². The minimum absolute atomic E-state index is 0.0901. The van der Waals surface area contributed by atoms with Crippen LogP contribution >= 0.6 is 0 Å². The Morgan fingerprint density at radius 1 is 1.40 bits per heavy atom. The Bertz CT molecular complexity index is 206. The average molecular weight is 213 g/mol. The Morgan fingerprint density at radius 3 is 2.80 bits per heavy atom. The summed E-state index contributed by atoms with van der Waals surface area (Å²) in [6.07, 6.45) is 4.10. The summed E-state index contributed by atoms with van der Waals surface area (Å²) in [6, 6.07) is 0.679. The number of likely N-dealkylation sites (tertiary alicyclic amines) is 1. The highest BCUT2D eigenvalue weighted by atomic mass is 16.5. The van der Waals surface area contributed by atoms with E-state index in [1.165, 1.54) is 26.5 Å². The summed E-state index contributed by atoms with van der Waals surface area (Å²) in [4.78, 5) is 13.5. The average Bonchev–Trinajstić information content (AvgIpc) is 2.23. The summed E-state index contributed by atoms with van der Waals surface area (Å²) in [5.41, 5.74) is 0. The topological polar surface area (TPSA) is 29.5 Å². The van der Waals surface area contributed by atoms with Gasteiger partial charge in [-0.05, 0) is 38.6 Å². The Hall–Kier alpha value is -0.570. The van der Waals surface area contributed by atoms with Gasteiger partial charge in [0.15, 0.2) is 0 Å². The molecule has 1 fully saturated rings. The minimum Gasteiger partial charge on any atom is -0.469 e. The fourth-order valence-corrected chi connectivity index (χ4v) is 2.22. The van der Waals surface area contributed by atoms with Crippen LogP contribution in [-0.4, -0.2) is 37.1 Å². The molecule has 0 radical (unpaired) electrons. The number of hydrogen-bond donors (Lipinski definition) is 0. The van der Waals surface area contributed by atoms with Crippen molar-refractivity contribution >= 4 is 5.97 Å². The molecule has 2 unspecified atom stereocenters. The first-order valence-corrected chi connectivity index (χ1v) is 5.94. The van der Waals surface area contributed by atoms with Crippen LogP contribution in [0.25, 0.3) is 0 Å². The molecule has 1 rings (SSSR count). The minimum atomic E-state index is -0.0901. The van der Waals surface area contributed by atoms with Crippen molar-refractivity contribution in [3.05, 3.63) is 0 Å². The molecule has 1 heterocycles. The van der Waals surface area contributed by atoms with Crippen LogP contribution in [-0.2, 0) is 9.53 Å². The molecule has 0 aromatic rings. The lowest BCUT2D eigenvalue weighted by Crippen LogP contribution is -2.41. The van der Waals surface area contributed by atoms with Crippen molar-refractivity contribution in [2.45, 2.75) is 45.6 Å². The second kappa shape index (κ2) is 6.11. The van der Waals surface area contributed by atoms with Crippen LogP contribution in [0.15, 0.2) is 0 Å². The zero-order valence-electron chi connectivity index (χ0n) is 10.2. The fourth-order valence-electron chi connectivity index (χ4n) is 2.22. The van der Waals surface area contributed by atoms with Gasteiger partial charge in [-0.3, -0.25) is 4.79 Å². The molecular formula is C12H23NO2. The first-order valence-electron chi connectivity index (χ1n) is 5.94. The number of hydrogen-bond acceptors (Lipinski definition) is 3. The van der Waals surface area contributed by atoms with Crippen molar-refractivity contribution in [3.63, 3.8) is 0 Å². The Labute approximate surface area is 92.8 Å². The zero-order chi connectivity index (χ0) is 11.3. The predicted octanol–water partition coefficient (Wildman–Crippen LogP) is 2.06. The summed E-state index contributed by atoms with van der Waals surface area (Å²) < 4.78 is 4.63. The van der Waals surface area contributed by atoms with Crippen LogP contribution in [0.5, 0.6) is 0 Å². The maximum atomic E-state index is 11.0. The van der Waals surface area contributed by atoms with Gasteiger partial charge in [0.25, 0.3) is 0 Å². The van der Waals surface area contributed by atoms with E-state index in [-0.39, 0.29) is 5.97 Å². The lowest BCUT2D eigenvalue weighted by molar-refractivity contribution is -0.140. The second-order valence-corrected chi connectivity index (χ2v) is 4.71. The number of carbonyl (C=O) groups excluding carboxylic acids is 1. The third-order valence-corrected chi connectivity index (χ3v) is 3.30. The molecule has 0 aromatic carbocycles. The van der Waals surface area contributed by atoms with Crippen molar-refractivity contribution in [2.75, 3.05) is 20.2 Å². The number of piperidine rings is 1. The summed E-state index contributed by atoms with van der Waals surface area (Å²) in [5.74, 6) is 0.715. The molecule has 1 aliphatic rings.